The maximum atomic E-state index is 14.2. The minimum absolute atomic E-state index is 0.0596. The van der Waals surface area contributed by atoms with Crippen LogP contribution in [-0.2, 0) is 14.3 Å². The zero-order valence-corrected chi connectivity index (χ0v) is 21.9. The van der Waals surface area contributed by atoms with Crippen LogP contribution in [0.25, 0.3) is 0 Å². The van der Waals surface area contributed by atoms with Gasteiger partial charge in [0.05, 0.1) is 44.3 Å². The summed E-state index contributed by atoms with van der Waals surface area (Å²) in [6.07, 6.45) is 1.90. The largest absolute Gasteiger partial charge is 0.496 e. The monoisotopic (exact) mass is 524 g/mol. The molecule has 0 radical (unpaired) electrons. The lowest BCUT2D eigenvalue weighted by Crippen LogP contribution is -2.59. The minimum Gasteiger partial charge on any atom is -0.496 e. The Labute approximate surface area is 215 Å². The van der Waals surface area contributed by atoms with Gasteiger partial charge in [-0.25, -0.2) is 9.18 Å². The maximum Gasteiger partial charge on any atom is 0.347 e. The molecule has 1 heterocycles. The maximum absolute atomic E-state index is 14.2. The molecule has 2 atom stereocenters. The second-order valence-electron chi connectivity index (χ2n) is 8.03. The van der Waals surface area contributed by atoms with Crippen molar-refractivity contribution in [2.75, 3.05) is 39.0 Å². The number of amides is 3. The van der Waals surface area contributed by atoms with Gasteiger partial charge in [0.1, 0.15) is 23.7 Å². The molecule has 0 spiro atoms. The lowest BCUT2D eigenvalue weighted by molar-refractivity contribution is -0.122. The molecule has 0 saturated carbocycles. The Hall–Kier alpha value is -3.16. The summed E-state index contributed by atoms with van der Waals surface area (Å²) < 4.78 is 30.6. The number of methoxy groups -OCH3 is 2. The second kappa shape index (κ2) is 13.8. The fraction of sp³-hybridized carbons (Fsp3) is 0.478. The summed E-state index contributed by atoms with van der Waals surface area (Å²) in [4.78, 5) is 28.8. The van der Waals surface area contributed by atoms with Gasteiger partial charge in [0, 0.05) is 18.7 Å². The Morgan fingerprint density at radius 2 is 1.86 bits per heavy atom. The number of halogens is 1. The van der Waals surface area contributed by atoms with Crippen LogP contribution in [0.15, 0.2) is 42.2 Å². The number of benzene rings is 1. The number of nitrogens with zero attached hydrogens (tertiary/aromatic N) is 5. The van der Waals surface area contributed by atoms with E-state index in [1.54, 1.807) is 20.8 Å². The second-order valence-corrected chi connectivity index (χ2v) is 8.55. The van der Waals surface area contributed by atoms with E-state index in [-0.39, 0.29) is 30.8 Å². The Morgan fingerprint density at radius 3 is 2.42 bits per heavy atom. The van der Waals surface area contributed by atoms with Crippen molar-refractivity contribution in [1.29, 1.82) is 0 Å². The van der Waals surface area contributed by atoms with Gasteiger partial charge < -0.3 is 19.5 Å². The van der Waals surface area contributed by atoms with E-state index in [9.17, 15) is 14.0 Å². The predicted molar refractivity (Wildman–Crippen MR) is 135 cm³/mol. The molecule has 0 bridgehead atoms. The Bertz CT molecular complexity index is 1020. The number of hydrogen-bond acceptors (Lipinski definition) is 8. The molecule has 2 rings (SSSR count). The van der Waals surface area contributed by atoms with Crippen molar-refractivity contribution in [3.63, 3.8) is 0 Å². The molecule has 13 heteroatoms. The zero-order chi connectivity index (χ0) is 26.8. The van der Waals surface area contributed by atoms with Crippen molar-refractivity contribution in [1.82, 2.24) is 25.3 Å². The van der Waals surface area contributed by atoms with Gasteiger partial charge >= 0.3 is 6.03 Å². The van der Waals surface area contributed by atoms with Crippen LogP contribution >= 0.6 is 12.6 Å². The van der Waals surface area contributed by atoms with Gasteiger partial charge in [-0.15, -0.1) is 22.8 Å². The number of carbonyl (C=O) groups is 2. The normalized spacial score (nSPS) is 12.7. The van der Waals surface area contributed by atoms with Crippen LogP contribution in [0.2, 0.25) is 0 Å². The van der Waals surface area contributed by atoms with E-state index in [2.05, 4.69) is 34.7 Å². The molecule has 198 valence electrons. The van der Waals surface area contributed by atoms with Gasteiger partial charge in [0.15, 0.2) is 0 Å². The van der Waals surface area contributed by atoms with Gasteiger partial charge in [-0.05, 0) is 39.0 Å². The molecule has 3 amide bonds. The number of ether oxygens (including phenoxy) is 3. The van der Waals surface area contributed by atoms with E-state index in [0.717, 1.165) is 9.91 Å². The first-order valence-electron chi connectivity index (χ1n) is 11.2. The highest BCUT2D eigenvalue weighted by Gasteiger charge is 2.35. The zero-order valence-electron chi connectivity index (χ0n) is 21.0. The van der Waals surface area contributed by atoms with Gasteiger partial charge in [0.2, 0.25) is 5.91 Å². The summed E-state index contributed by atoms with van der Waals surface area (Å²) in [5, 5.41) is 12.0. The molecule has 0 aliphatic heterocycles. The van der Waals surface area contributed by atoms with Crippen LogP contribution in [0.5, 0.6) is 5.75 Å². The van der Waals surface area contributed by atoms with E-state index in [4.69, 9.17) is 14.2 Å². The van der Waals surface area contributed by atoms with Crippen molar-refractivity contribution < 1.29 is 28.2 Å². The van der Waals surface area contributed by atoms with E-state index in [0.29, 0.717) is 11.3 Å². The summed E-state index contributed by atoms with van der Waals surface area (Å²) in [5.74, 6) is -0.554. The average molecular weight is 525 g/mol. The summed E-state index contributed by atoms with van der Waals surface area (Å²) in [6, 6.07) is 2.14. The SMILES string of the molecule is C=C(S)N(C[C@H](OCCOC)c1cc(F)ccc1OC)C(=O)N(C(C)C(=O)NC(C)C)n1nccn1. The van der Waals surface area contributed by atoms with E-state index < -0.39 is 29.9 Å². The summed E-state index contributed by atoms with van der Waals surface area (Å²) in [6.45, 7) is 9.23. The van der Waals surface area contributed by atoms with E-state index in [1.807, 2.05) is 0 Å². The predicted octanol–water partition coefficient (Wildman–Crippen LogP) is 2.50. The lowest BCUT2D eigenvalue weighted by Gasteiger charge is -2.34. The van der Waals surface area contributed by atoms with Crippen LogP contribution < -0.4 is 15.1 Å². The first kappa shape index (κ1) is 29.1. The Balaban J connectivity index is 2.46. The average Bonchev–Trinajstić information content (AvgIpc) is 3.35. The van der Waals surface area contributed by atoms with E-state index in [1.165, 1.54) is 49.7 Å². The summed E-state index contributed by atoms with van der Waals surface area (Å²) in [5.41, 5.74) is 0.371. The van der Waals surface area contributed by atoms with Crippen molar-refractivity contribution >= 4 is 24.6 Å². The molecule has 36 heavy (non-hydrogen) atoms. The molecule has 1 unspecified atom stereocenters. The van der Waals surface area contributed by atoms with Crippen molar-refractivity contribution in [2.24, 2.45) is 0 Å². The molecule has 11 nitrogen and oxygen atoms in total. The number of rotatable bonds is 13. The number of hydrogen-bond donors (Lipinski definition) is 2. The van der Waals surface area contributed by atoms with Crippen LogP contribution in [0, 0.1) is 5.82 Å². The third-order valence-corrected chi connectivity index (χ3v) is 5.25. The van der Waals surface area contributed by atoms with Crippen LogP contribution in [-0.4, -0.2) is 78.0 Å². The topological polar surface area (TPSA) is 111 Å². The molecule has 0 aliphatic carbocycles. The molecule has 0 fully saturated rings. The van der Waals surface area contributed by atoms with E-state index >= 15 is 0 Å². The fourth-order valence-corrected chi connectivity index (χ4v) is 3.46. The standard InChI is InChI=1S/C23H33FN6O5S/c1-15(2)27-22(31)16(3)29(30-25-9-10-26-30)23(32)28(17(4)36)14-21(35-12-11-33-5)19-13-18(24)7-8-20(19)34-6/h7-10,13,15-16,21,36H,4,11-12,14H2,1-3,5-6H3,(H,27,31)/t16?,21-/m0/s1. The molecule has 1 N–H and O–H groups in total. The quantitative estimate of drug-likeness (QED) is 0.306. The highest BCUT2D eigenvalue weighted by molar-refractivity contribution is 7.84. The van der Waals surface area contributed by atoms with Crippen LogP contribution in [0.4, 0.5) is 9.18 Å². The number of nitrogens with one attached hydrogen (secondary N) is 1. The number of carbonyl (C=O) groups excluding carboxylic acids is 2. The van der Waals surface area contributed by atoms with Gasteiger partial charge in [-0.3, -0.25) is 9.69 Å². The fourth-order valence-electron chi connectivity index (χ4n) is 3.29. The minimum atomic E-state index is -1.00. The van der Waals surface area contributed by atoms with Crippen LogP contribution in [0.3, 0.4) is 0 Å². The number of aromatic nitrogens is 3. The Kier molecular flexibility index (Phi) is 11.1. The number of urea groups is 1. The summed E-state index contributed by atoms with van der Waals surface area (Å²) >= 11 is 4.31. The highest BCUT2D eigenvalue weighted by Crippen LogP contribution is 2.31. The number of thiol groups is 1. The van der Waals surface area contributed by atoms with Gasteiger partial charge in [0.25, 0.3) is 0 Å². The first-order valence-corrected chi connectivity index (χ1v) is 11.6. The van der Waals surface area contributed by atoms with Crippen molar-refractivity contribution in [3.05, 3.63) is 53.6 Å². The molecule has 0 aliphatic rings. The molecule has 2 aromatic rings. The van der Waals surface area contributed by atoms with Crippen molar-refractivity contribution in [2.45, 2.75) is 39.0 Å². The third-order valence-electron chi connectivity index (χ3n) is 5.01. The first-order chi connectivity index (χ1) is 17.1. The third kappa shape index (κ3) is 7.67. The molecule has 1 aromatic carbocycles. The lowest BCUT2D eigenvalue weighted by atomic mass is 10.1. The van der Waals surface area contributed by atoms with Crippen molar-refractivity contribution in [3.8, 4) is 5.75 Å². The molecular weight excluding hydrogens is 491 g/mol. The van der Waals surface area contributed by atoms with Crippen LogP contribution in [0.1, 0.15) is 32.4 Å². The molecule has 1 aromatic heterocycles. The van der Waals surface area contributed by atoms with Gasteiger partial charge in [-0.1, -0.05) is 11.5 Å². The molecular formula is C23H33FN6O5S. The molecule has 0 saturated heterocycles. The van der Waals surface area contributed by atoms with Gasteiger partial charge in [-0.2, -0.15) is 5.01 Å². The smallest absolute Gasteiger partial charge is 0.347 e. The highest BCUT2D eigenvalue weighted by atomic mass is 32.1. The Morgan fingerprint density at radius 1 is 1.19 bits per heavy atom. The summed E-state index contributed by atoms with van der Waals surface area (Å²) in [7, 11) is 2.97.